The fraction of sp³-hybridized carbons (Fsp3) is 0.138. The van der Waals surface area contributed by atoms with Crippen LogP contribution in [-0.4, -0.2) is 40.4 Å². The van der Waals surface area contributed by atoms with Gasteiger partial charge in [-0.05, 0) is 47.5 Å². The molecule has 4 aromatic rings. The molecular weight excluding hydrogens is 531 g/mol. The third-order valence-electron chi connectivity index (χ3n) is 6.28. The van der Waals surface area contributed by atoms with E-state index in [2.05, 4.69) is 0 Å². The van der Waals surface area contributed by atoms with E-state index in [0.717, 1.165) is 12.1 Å². The van der Waals surface area contributed by atoms with E-state index < -0.39 is 17.6 Å². The molecule has 4 aromatic carbocycles. The number of hydrogen-bond acceptors (Lipinski definition) is 7. The Morgan fingerprint density at radius 1 is 0.605 bits per heavy atom. The summed E-state index contributed by atoms with van der Waals surface area (Å²) in [5, 5.41) is 41.5. The van der Waals surface area contributed by atoms with E-state index in [1.807, 2.05) is 0 Å². The van der Waals surface area contributed by atoms with Crippen LogP contribution >= 0.6 is 23.2 Å². The van der Waals surface area contributed by atoms with Crippen LogP contribution < -0.4 is 9.47 Å². The molecule has 196 valence electrons. The van der Waals surface area contributed by atoms with Gasteiger partial charge in [0, 0.05) is 23.3 Å². The van der Waals surface area contributed by atoms with Gasteiger partial charge in [-0.1, -0.05) is 47.5 Å². The monoisotopic (exact) mass is 554 g/mol. The Morgan fingerprint density at radius 2 is 0.947 bits per heavy atom. The number of phenolic OH excluding ortho intramolecular Hbond substituents is 4. The van der Waals surface area contributed by atoms with Crippen molar-refractivity contribution in [3.05, 3.63) is 105 Å². The summed E-state index contributed by atoms with van der Waals surface area (Å²) in [6.45, 7) is 0. The molecule has 4 N–H and O–H groups in total. The number of methoxy groups -OCH3 is 2. The molecule has 7 nitrogen and oxygen atoms in total. The SMILES string of the molecule is COc1ccc(C(C(=O)C(c2ccc(OC)cc2)c2cc(Cl)c(O)cc2O)c2cc(Cl)c(O)cc2O)cc1. The lowest BCUT2D eigenvalue weighted by molar-refractivity contribution is -0.120. The fourth-order valence-corrected chi connectivity index (χ4v) is 4.69. The number of halogens is 2. The summed E-state index contributed by atoms with van der Waals surface area (Å²) in [7, 11) is 3.03. The number of rotatable bonds is 8. The summed E-state index contributed by atoms with van der Waals surface area (Å²) in [6, 6.07) is 18.2. The van der Waals surface area contributed by atoms with Gasteiger partial charge in [0.05, 0.1) is 36.1 Å². The zero-order chi connectivity index (χ0) is 27.6. The molecule has 0 aromatic heterocycles. The van der Waals surface area contributed by atoms with Crippen molar-refractivity contribution in [1.82, 2.24) is 0 Å². The van der Waals surface area contributed by atoms with E-state index in [1.54, 1.807) is 48.5 Å². The third kappa shape index (κ3) is 5.30. The van der Waals surface area contributed by atoms with Gasteiger partial charge in [0.25, 0.3) is 0 Å². The number of Topliss-reactive ketones (excluding diaryl/α,β-unsaturated/α-hetero) is 1. The maximum Gasteiger partial charge on any atom is 0.156 e. The van der Waals surface area contributed by atoms with E-state index in [1.165, 1.54) is 26.4 Å². The first kappa shape index (κ1) is 27.0. The zero-order valence-electron chi connectivity index (χ0n) is 20.4. The fourth-order valence-electron chi connectivity index (χ4n) is 4.35. The number of phenols is 4. The van der Waals surface area contributed by atoms with Crippen molar-refractivity contribution in [2.75, 3.05) is 14.2 Å². The van der Waals surface area contributed by atoms with Crippen LogP contribution in [0.15, 0.2) is 72.8 Å². The molecule has 0 bridgehead atoms. The average Bonchev–Trinajstić information content (AvgIpc) is 2.91. The van der Waals surface area contributed by atoms with Crippen LogP contribution in [0.1, 0.15) is 34.1 Å². The molecular formula is C29H24Cl2O7. The van der Waals surface area contributed by atoms with Crippen molar-refractivity contribution in [3.63, 3.8) is 0 Å². The van der Waals surface area contributed by atoms with E-state index >= 15 is 0 Å². The molecule has 9 heteroatoms. The number of hydrogen-bond donors (Lipinski definition) is 4. The molecule has 38 heavy (non-hydrogen) atoms. The molecule has 0 amide bonds. The van der Waals surface area contributed by atoms with E-state index in [4.69, 9.17) is 32.7 Å². The molecule has 0 spiro atoms. The first-order valence-electron chi connectivity index (χ1n) is 11.4. The molecule has 2 unspecified atom stereocenters. The molecule has 0 aliphatic heterocycles. The van der Waals surface area contributed by atoms with Crippen LogP contribution in [0.2, 0.25) is 10.0 Å². The van der Waals surface area contributed by atoms with Gasteiger partial charge in [-0.3, -0.25) is 4.79 Å². The van der Waals surface area contributed by atoms with Gasteiger partial charge in [-0.25, -0.2) is 0 Å². The van der Waals surface area contributed by atoms with Crippen molar-refractivity contribution in [2.24, 2.45) is 0 Å². The number of carbonyl (C=O) groups excluding carboxylic acids is 1. The number of carbonyl (C=O) groups is 1. The molecule has 0 radical (unpaired) electrons. The summed E-state index contributed by atoms with van der Waals surface area (Å²) < 4.78 is 10.5. The molecule has 0 saturated carbocycles. The van der Waals surface area contributed by atoms with Crippen LogP contribution in [0.4, 0.5) is 0 Å². The van der Waals surface area contributed by atoms with E-state index in [9.17, 15) is 25.2 Å². The molecule has 0 aliphatic carbocycles. The Balaban J connectivity index is 1.97. The maximum atomic E-state index is 14.6. The highest BCUT2D eigenvalue weighted by Gasteiger charge is 2.35. The minimum absolute atomic E-state index is 0.0550. The molecule has 4 rings (SSSR count). The van der Waals surface area contributed by atoms with Crippen molar-refractivity contribution in [1.29, 1.82) is 0 Å². The predicted octanol–water partition coefficient (Wildman–Crippen LogP) is 6.37. The summed E-state index contributed by atoms with van der Waals surface area (Å²) in [5.41, 5.74) is 1.28. The van der Waals surface area contributed by atoms with Gasteiger partial charge in [-0.15, -0.1) is 0 Å². The minimum atomic E-state index is -1.10. The van der Waals surface area contributed by atoms with Gasteiger partial charge in [-0.2, -0.15) is 0 Å². The number of ether oxygens (including phenoxy) is 2. The second kappa shape index (κ2) is 11.1. The lowest BCUT2D eigenvalue weighted by atomic mass is 9.76. The largest absolute Gasteiger partial charge is 0.507 e. The topological polar surface area (TPSA) is 116 Å². The van der Waals surface area contributed by atoms with Crippen LogP contribution in [0.3, 0.4) is 0 Å². The lowest BCUT2D eigenvalue weighted by Crippen LogP contribution is -2.23. The Morgan fingerprint density at radius 3 is 1.26 bits per heavy atom. The average molecular weight is 555 g/mol. The van der Waals surface area contributed by atoms with Gasteiger partial charge >= 0.3 is 0 Å². The Hall–Kier alpha value is -4.07. The highest BCUT2D eigenvalue weighted by atomic mass is 35.5. The Bertz CT molecular complexity index is 1360. The minimum Gasteiger partial charge on any atom is -0.507 e. The lowest BCUT2D eigenvalue weighted by Gasteiger charge is -2.26. The summed E-state index contributed by atoms with van der Waals surface area (Å²) in [5.74, 6) is -2.91. The van der Waals surface area contributed by atoms with Crippen molar-refractivity contribution >= 4 is 29.0 Å². The second-order valence-electron chi connectivity index (χ2n) is 8.54. The number of aromatic hydroxyl groups is 4. The molecule has 0 aliphatic rings. The first-order chi connectivity index (χ1) is 18.1. The van der Waals surface area contributed by atoms with Gasteiger partial charge in [0.15, 0.2) is 5.78 Å². The van der Waals surface area contributed by atoms with Gasteiger partial charge in [0.2, 0.25) is 0 Å². The molecule has 0 fully saturated rings. The van der Waals surface area contributed by atoms with Crippen molar-refractivity contribution in [3.8, 4) is 34.5 Å². The Kier molecular flexibility index (Phi) is 7.90. The standard InChI is InChI=1S/C29H24Cl2O7/c1-37-17-7-3-15(4-8-17)27(19-11-21(30)25(34)13-23(19)32)29(36)28(16-5-9-18(38-2)10-6-16)20-12-22(31)26(35)14-24(20)33/h3-14,27-28,32-35H,1-2H3. The molecule has 2 atom stereocenters. The van der Waals surface area contributed by atoms with E-state index in [0.29, 0.717) is 22.6 Å². The third-order valence-corrected chi connectivity index (χ3v) is 6.89. The van der Waals surface area contributed by atoms with Crippen molar-refractivity contribution in [2.45, 2.75) is 11.8 Å². The number of ketones is 1. The summed E-state index contributed by atoms with van der Waals surface area (Å²) in [4.78, 5) is 14.6. The normalized spacial score (nSPS) is 12.5. The summed E-state index contributed by atoms with van der Waals surface area (Å²) in [6.07, 6.45) is 0. The van der Waals surface area contributed by atoms with E-state index in [-0.39, 0.29) is 44.2 Å². The van der Waals surface area contributed by atoms with Gasteiger partial charge < -0.3 is 29.9 Å². The predicted molar refractivity (Wildman–Crippen MR) is 144 cm³/mol. The quantitative estimate of drug-likeness (QED) is 0.200. The number of benzene rings is 4. The van der Waals surface area contributed by atoms with Crippen LogP contribution in [-0.2, 0) is 4.79 Å². The van der Waals surface area contributed by atoms with Gasteiger partial charge in [0.1, 0.15) is 34.5 Å². The van der Waals surface area contributed by atoms with Crippen LogP contribution in [0, 0.1) is 0 Å². The zero-order valence-corrected chi connectivity index (χ0v) is 21.9. The second-order valence-corrected chi connectivity index (χ2v) is 9.35. The van der Waals surface area contributed by atoms with Crippen molar-refractivity contribution < 1.29 is 34.7 Å². The summed E-state index contributed by atoms with van der Waals surface area (Å²) >= 11 is 12.4. The molecule has 0 heterocycles. The first-order valence-corrected chi connectivity index (χ1v) is 12.1. The Labute approximate surface area is 229 Å². The smallest absolute Gasteiger partial charge is 0.156 e. The highest BCUT2D eigenvalue weighted by Crippen LogP contribution is 2.45. The maximum absolute atomic E-state index is 14.6. The highest BCUT2D eigenvalue weighted by molar-refractivity contribution is 6.32. The van der Waals surface area contributed by atoms with Crippen LogP contribution in [0.25, 0.3) is 0 Å². The molecule has 0 saturated heterocycles. The van der Waals surface area contributed by atoms with Crippen LogP contribution in [0.5, 0.6) is 34.5 Å².